The number of hydrogen-bond donors (Lipinski definition) is 2. The van der Waals surface area contributed by atoms with E-state index in [2.05, 4.69) is 13.2 Å². The van der Waals surface area contributed by atoms with E-state index in [1.54, 1.807) is 12.2 Å². The lowest BCUT2D eigenvalue weighted by atomic mass is 10.0. The topological polar surface area (TPSA) is 70.5 Å². The second-order valence-electron chi connectivity index (χ2n) is 4.70. The van der Waals surface area contributed by atoms with Crippen molar-refractivity contribution in [3.8, 4) is 22.6 Å². The Labute approximate surface area is 130 Å². The first-order chi connectivity index (χ1) is 10.7. The molecule has 0 heterocycles. The van der Waals surface area contributed by atoms with Gasteiger partial charge < -0.3 is 20.9 Å². The molecule has 114 valence electrons. The second-order valence-corrected chi connectivity index (χ2v) is 4.70. The molecule has 0 aliphatic carbocycles. The number of rotatable bonds is 7. The Morgan fingerprint density at radius 2 is 1.18 bits per heavy atom. The molecular formula is C18H20N2O2. The Kier molecular flexibility index (Phi) is 5.09. The lowest BCUT2D eigenvalue weighted by Gasteiger charge is -2.12. The molecule has 0 saturated heterocycles. The molecule has 0 bridgehead atoms. The van der Waals surface area contributed by atoms with E-state index < -0.39 is 0 Å². The van der Waals surface area contributed by atoms with Gasteiger partial charge in [-0.15, -0.1) is 0 Å². The minimum absolute atomic E-state index is 0.406. The van der Waals surface area contributed by atoms with E-state index >= 15 is 0 Å². The van der Waals surface area contributed by atoms with Crippen LogP contribution in [0.15, 0.2) is 61.7 Å². The third-order valence-electron chi connectivity index (χ3n) is 3.07. The molecule has 0 saturated carbocycles. The van der Waals surface area contributed by atoms with Crippen LogP contribution in [0.25, 0.3) is 11.1 Å². The van der Waals surface area contributed by atoms with Crippen molar-refractivity contribution in [3.63, 3.8) is 0 Å². The van der Waals surface area contributed by atoms with Gasteiger partial charge in [0.2, 0.25) is 0 Å². The van der Waals surface area contributed by atoms with Gasteiger partial charge in [0.05, 0.1) is 11.4 Å². The fraction of sp³-hybridized carbons (Fsp3) is 0.111. The van der Waals surface area contributed by atoms with Crippen molar-refractivity contribution in [2.45, 2.75) is 0 Å². The summed E-state index contributed by atoms with van der Waals surface area (Å²) in [4.78, 5) is 0. The van der Waals surface area contributed by atoms with Gasteiger partial charge in [-0.05, 0) is 35.4 Å². The maximum atomic E-state index is 5.91. The Bertz CT molecular complexity index is 621. The second kappa shape index (κ2) is 7.22. The van der Waals surface area contributed by atoms with Crippen LogP contribution in [0.4, 0.5) is 11.4 Å². The average Bonchev–Trinajstić information content (AvgIpc) is 2.53. The van der Waals surface area contributed by atoms with Crippen LogP contribution >= 0.6 is 0 Å². The zero-order chi connectivity index (χ0) is 15.9. The first kappa shape index (κ1) is 15.5. The van der Waals surface area contributed by atoms with Crippen LogP contribution < -0.4 is 20.9 Å². The zero-order valence-corrected chi connectivity index (χ0v) is 12.4. The van der Waals surface area contributed by atoms with Crippen LogP contribution in [-0.4, -0.2) is 13.2 Å². The van der Waals surface area contributed by atoms with Crippen LogP contribution in [-0.2, 0) is 0 Å². The monoisotopic (exact) mass is 296 g/mol. The lowest BCUT2D eigenvalue weighted by Crippen LogP contribution is -1.99. The molecule has 0 aromatic heterocycles. The minimum atomic E-state index is 0.406. The molecule has 0 fully saturated rings. The molecule has 2 aromatic carbocycles. The van der Waals surface area contributed by atoms with E-state index in [9.17, 15) is 0 Å². The SMILES string of the molecule is C=CCOc1cc(-c2ccc(N)c(OCC=C)c2)ccc1N. The van der Waals surface area contributed by atoms with Crippen molar-refractivity contribution in [3.05, 3.63) is 61.7 Å². The van der Waals surface area contributed by atoms with E-state index in [0.717, 1.165) is 11.1 Å². The summed E-state index contributed by atoms with van der Waals surface area (Å²) in [5.41, 5.74) is 14.9. The molecule has 0 unspecified atom stereocenters. The van der Waals surface area contributed by atoms with E-state index in [-0.39, 0.29) is 0 Å². The van der Waals surface area contributed by atoms with E-state index in [1.165, 1.54) is 0 Å². The number of anilines is 2. The maximum Gasteiger partial charge on any atom is 0.143 e. The van der Waals surface area contributed by atoms with Crippen molar-refractivity contribution in [1.82, 2.24) is 0 Å². The first-order valence-electron chi connectivity index (χ1n) is 6.92. The highest BCUT2D eigenvalue weighted by atomic mass is 16.5. The Morgan fingerprint density at radius 1 is 0.773 bits per heavy atom. The summed E-state index contributed by atoms with van der Waals surface area (Å²) in [7, 11) is 0. The zero-order valence-electron chi connectivity index (χ0n) is 12.4. The summed E-state index contributed by atoms with van der Waals surface area (Å²) in [6, 6.07) is 11.3. The maximum absolute atomic E-state index is 5.91. The van der Waals surface area contributed by atoms with Gasteiger partial charge in [-0.1, -0.05) is 37.4 Å². The van der Waals surface area contributed by atoms with Gasteiger partial charge in [-0.2, -0.15) is 0 Å². The van der Waals surface area contributed by atoms with Gasteiger partial charge in [0.15, 0.2) is 0 Å². The highest BCUT2D eigenvalue weighted by Gasteiger charge is 2.07. The molecule has 0 spiro atoms. The summed E-state index contributed by atoms with van der Waals surface area (Å²) < 4.78 is 11.1. The number of benzene rings is 2. The Hall–Kier alpha value is -2.88. The predicted molar refractivity (Wildman–Crippen MR) is 92.1 cm³/mol. The standard InChI is InChI=1S/C18H20N2O2/c1-3-9-21-17-11-13(5-7-15(17)19)14-6-8-16(20)18(12-14)22-10-4-2/h3-8,11-12H,1-2,9-10,19-20H2. The molecule has 0 amide bonds. The van der Waals surface area contributed by atoms with Gasteiger partial charge >= 0.3 is 0 Å². The van der Waals surface area contributed by atoms with Crippen molar-refractivity contribution in [1.29, 1.82) is 0 Å². The molecule has 0 aliphatic heterocycles. The smallest absolute Gasteiger partial charge is 0.143 e. The summed E-state index contributed by atoms with van der Waals surface area (Å²) in [6.07, 6.45) is 3.35. The highest BCUT2D eigenvalue weighted by Crippen LogP contribution is 2.33. The molecule has 2 rings (SSSR count). The Balaban J connectivity index is 2.34. The van der Waals surface area contributed by atoms with Crippen molar-refractivity contribution in [2.24, 2.45) is 0 Å². The van der Waals surface area contributed by atoms with Crippen molar-refractivity contribution < 1.29 is 9.47 Å². The lowest BCUT2D eigenvalue weighted by molar-refractivity contribution is 0.364. The molecule has 4 heteroatoms. The summed E-state index contributed by atoms with van der Waals surface area (Å²) in [6.45, 7) is 8.07. The van der Waals surface area contributed by atoms with Crippen LogP contribution in [0.3, 0.4) is 0 Å². The van der Waals surface area contributed by atoms with Crippen molar-refractivity contribution >= 4 is 11.4 Å². The summed E-state index contributed by atoms with van der Waals surface area (Å²) >= 11 is 0. The quantitative estimate of drug-likeness (QED) is 0.604. The minimum Gasteiger partial charge on any atom is -0.487 e. The molecule has 0 radical (unpaired) electrons. The van der Waals surface area contributed by atoms with Crippen LogP contribution in [0.5, 0.6) is 11.5 Å². The van der Waals surface area contributed by atoms with E-state index in [1.807, 2.05) is 36.4 Å². The average molecular weight is 296 g/mol. The van der Waals surface area contributed by atoms with Gasteiger partial charge in [0.1, 0.15) is 24.7 Å². The van der Waals surface area contributed by atoms with Crippen molar-refractivity contribution in [2.75, 3.05) is 24.7 Å². The largest absolute Gasteiger partial charge is 0.487 e. The Morgan fingerprint density at radius 3 is 1.55 bits per heavy atom. The highest BCUT2D eigenvalue weighted by molar-refractivity contribution is 5.73. The van der Waals surface area contributed by atoms with Gasteiger partial charge in [-0.3, -0.25) is 0 Å². The number of ether oxygens (including phenoxy) is 2. The normalized spacial score (nSPS) is 10.0. The van der Waals surface area contributed by atoms with Gasteiger partial charge in [0.25, 0.3) is 0 Å². The molecular weight excluding hydrogens is 276 g/mol. The van der Waals surface area contributed by atoms with Gasteiger partial charge in [0, 0.05) is 0 Å². The van der Waals surface area contributed by atoms with Gasteiger partial charge in [-0.25, -0.2) is 0 Å². The number of hydrogen-bond acceptors (Lipinski definition) is 4. The third kappa shape index (κ3) is 3.61. The van der Waals surface area contributed by atoms with E-state index in [4.69, 9.17) is 20.9 Å². The molecule has 4 N–H and O–H groups in total. The fourth-order valence-electron chi connectivity index (χ4n) is 1.98. The third-order valence-corrected chi connectivity index (χ3v) is 3.07. The molecule has 0 atom stereocenters. The van der Waals surface area contributed by atoms with Crippen LogP contribution in [0.1, 0.15) is 0 Å². The van der Waals surface area contributed by atoms with Crippen LogP contribution in [0, 0.1) is 0 Å². The van der Waals surface area contributed by atoms with E-state index in [0.29, 0.717) is 36.1 Å². The van der Waals surface area contributed by atoms with Crippen LogP contribution in [0.2, 0.25) is 0 Å². The molecule has 22 heavy (non-hydrogen) atoms. The summed E-state index contributed by atoms with van der Waals surface area (Å²) in [5.74, 6) is 1.26. The molecule has 2 aromatic rings. The predicted octanol–water partition coefficient (Wildman–Crippen LogP) is 3.65. The summed E-state index contributed by atoms with van der Waals surface area (Å²) in [5, 5.41) is 0. The number of nitrogens with two attached hydrogens (primary N) is 2. The molecule has 4 nitrogen and oxygen atoms in total. The molecule has 0 aliphatic rings. The first-order valence-corrected chi connectivity index (χ1v) is 6.92. The fourth-order valence-corrected chi connectivity index (χ4v) is 1.98. The number of nitrogen functional groups attached to an aromatic ring is 2.